The van der Waals surface area contributed by atoms with Gasteiger partial charge in [-0.05, 0) is 55.3 Å². The molecule has 17 heavy (non-hydrogen) atoms. The van der Waals surface area contributed by atoms with Gasteiger partial charge in [0, 0.05) is 9.79 Å². The van der Waals surface area contributed by atoms with Crippen LogP contribution in [0.15, 0.2) is 52.3 Å². The minimum absolute atomic E-state index is 0.898. The second-order valence-electron chi connectivity index (χ2n) is 4.05. The van der Waals surface area contributed by atoms with Crippen LogP contribution in [0.2, 0.25) is 0 Å². The fraction of sp³-hybridized carbons (Fsp3) is 0.200. The highest BCUT2D eigenvalue weighted by Crippen LogP contribution is 2.31. The van der Waals surface area contributed by atoms with Crippen LogP contribution in [-0.4, -0.2) is 7.11 Å². The second-order valence-corrected chi connectivity index (χ2v) is 5.16. The van der Waals surface area contributed by atoms with E-state index in [-0.39, 0.29) is 0 Å². The molecule has 0 atom stereocenters. The molecule has 0 unspecified atom stereocenters. The number of benzene rings is 2. The van der Waals surface area contributed by atoms with Crippen LogP contribution < -0.4 is 4.74 Å². The van der Waals surface area contributed by atoms with E-state index < -0.39 is 0 Å². The van der Waals surface area contributed by atoms with Gasteiger partial charge in [0.2, 0.25) is 0 Å². The van der Waals surface area contributed by atoms with E-state index in [9.17, 15) is 0 Å². The second kappa shape index (κ2) is 5.28. The van der Waals surface area contributed by atoms with Gasteiger partial charge in [0.25, 0.3) is 0 Å². The quantitative estimate of drug-likeness (QED) is 0.788. The Kier molecular flexibility index (Phi) is 3.75. The zero-order valence-electron chi connectivity index (χ0n) is 10.4. The summed E-state index contributed by atoms with van der Waals surface area (Å²) in [6.45, 7) is 4.27. The first-order chi connectivity index (χ1) is 8.19. The van der Waals surface area contributed by atoms with Gasteiger partial charge in [0.05, 0.1) is 7.11 Å². The van der Waals surface area contributed by atoms with Crippen molar-refractivity contribution in [3.63, 3.8) is 0 Å². The fourth-order valence-electron chi connectivity index (χ4n) is 1.59. The maximum absolute atomic E-state index is 5.15. The topological polar surface area (TPSA) is 9.23 Å². The molecule has 2 rings (SSSR count). The molecule has 1 nitrogen and oxygen atoms in total. The van der Waals surface area contributed by atoms with Gasteiger partial charge in [0.15, 0.2) is 0 Å². The van der Waals surface area contributed by atoms with E-state index in [4.69, 9.17) is 4.74 Å². The smallest absolute Gasteiger partial charge is 0.118 e. The van der Waals surface area contributed by atoms with Crippen LogP contribution in [0.5, 0.6) is 5.75 Å². The predicted octanol–water partition coefficient (Wildman–Crippen LogP) is 4.46. The van der Waals surface area contributed by atoms with Crippen molar-refractivity contribution in [2.45, 2.75) is 23.6 Å². The minimum Gasteiger partial charge on any atom is -0.497 e. The minimum atomic E-state index is 0.898. The summed E-state index contributed by atoms with van der Waals surface area (Å²) >= 11 is 1.79. The molecular weight excluding hydrogens is 228 g/mol. The third-order valence-corrected chi connectivity index (χ3v) is 3.80. The Bertz CT molecular complexity index is 503. The van der Waals surface area contributed by atoms with E-state index in [1.165, 1.54) is 20.9 Å². The van der Waals surface area contributed by atoms with E-state index >= 15 is 0 Å². The zero-order valence-corrected chi connectivity index (χ0v) is 11.2. The van der Waals surface area contributed by atoms with Crippen LogP contribution in [-0.2, 0) is 0 Å². The molecular formula is C15H16OS. The molecule has 0 saturated heterocycles. The average Bonchev–Trinajstić information content (AvgIpc) is 2.35. The highest BCUT2D eigenvalue weighted by molar-refractivity contribution is 7.99. The lowest BCUT2D eigenvalue weighted by atomic mass is 10.2. The lowest BCUT2D eigenvalue weighted by Gasteiger charge is -2.07. The van der Waals surface area contributed by atoms with E-state index in [0.717, 1.165) is 5.75 Å². The normalized spacial score (nSPS) is 10.3. The molecule has 0 N–H and O–H groups in total. The summed E-state index contributed by atoms with van der Waals surface area (Å²) in [6.07, 6.45) is 0. The van der Waals surface area contributed by atoms with Crippen molar-refractivity contribution >= 4 is 11.8 Å². The maximum atomic E-state index is 5.15. The third kappa shape index (κ3) is 3.04. The van der Waals surface area contributed by atoms with E-state index in [0.29, 0.717) is 0 Å². The Labute approximate surface area is 107 Å². The largest absolute Gasteiger partial charge is 0.497 e. The van der Waals surface area contributed by atoms with Crippen molar-refractivity contribution in [2.24, 2.45) is 0 Å². The molecule has 0 aliphatic rings. The van der Waals surface area contributed by atoms with E-state index in [1.54, 1.807) is 18.9 Å². The Balaban J connectivity index is 2.22. The summed E-state index contributed by atoms with van der Waals surface area (Å²) in [5.74, 6) is 0.898. The Morgan fingerprint density at radius 2 is 1.65 bits per heavy atom. The first kappa shape index (κ1) is 12.1. The van der Waals surface area contributed by atoms with Crippen molar-refractivity contribution in [2.75, 3.05) is 7.11 Å². The van der Waals surface area contributed by atoms with Gasteiger partial charge >= 0.3 is 0 Å². The Morgan fingerprint density at radius 3 is 2.29 bits per heavy atom. The van der Waals surface area contributed by atoms with Crippen molar-refractivity contribution in [1.29, 1.82) is 0 Å². The molecule has 0 fully saturated rings. The molecule has 0 heterocycles. The molecule has 0 saturated carbocycles. The highest BCUT2D eigenvalue weighted by atomic mass is 32.2. The Morgan fingerprint density at radius 1 is 0.941 bits per heavy atom. The third-order valence-electron chi connectivity index (χ3n) is 2.63. The summed E-state index contributed by atoms with van der Waals surface area (Å²) in [4.78, 5) is 2.55. The fourth-order valence-corrected chi connectivity index (χ4v) is 2.59. The summed E-state index contributed by atoms with van der Waals surface area (Å²) < 4.78 is 5.15. The van der Waals surface area contributed by atoms with Gasteiger partial charge in [-0.3, -0.25) is 0 Å². The van der Waals surface area contributed by atoms with Crippen molar-refractivity contribution in [3.8, 4) is 5.75 Å². The SMILES string of the molecule is COc1ccc(Sc2cc(C)ccc2C)cc1. The molecule has 0 spiro atoms. The molecule has 0 aromatic heterocycles. The van der Waals surface area contributed by atoms with Gasteiger partial charge in [-0.2, -0.15) is 0 Å². The van der Waals surface area contributed by atoms with Gasteiger partial charge in [-0.25, -0.2) is 0 Å². The van der Waals surface area contributed by atoms with Crippen LogP contribution in [0, 0.1) is 13.8 Å². The van der Waals surface area contributed by atoms with Crippen LogP contribution in [0.1, 0.15) is 11.1 Å². The summed E-state index contributed by atoms with van der Waals surface area (Å²) in [7, 11) is 1.69. The molecule has 0 amide bonds. The number of rotatable bonds is 3. The number of aryl methyl sites for hydroxylation is 2. The first-order valence-corrected chi connectivity index (χ1v) is 6.40. The van der Waals surface area contributed by atoms with Crippen LogP contribution >= 0.6 is 11.8 Å². The summed E-state index contributed by atoms with van der Waals surface area (Å²) in [5, 5.41) is 0. The van der Waals surface area contributed by atoms with Crippen LogP contribution in [0.3, 0.4) is 0 Å². The molecule has 2 aromatic carbocycles. The van der Waals surface area contributed by atoms with E-state index in [2.05, 4.69) is 44.2 Å². The monoisotopic (exact) mass is 244 g/mol. The van der Waals surface area contributed by atoms with Gasteiger partial charge < -0.3 is 4.74 Å². The van der Waals surface area contributed by atoms with Crippen LogP contribution in [0.4, 0.5) is 0 Å². The van der Waals surface area contributed by atoms with E-state index in [1.807, 2.05) is 12.1 Å². The highest BCUT2D eigenvalue weighted by Gasteiger charge is 2.02. The van der Waals surface area contributed by atoms with Crippen molar-refractivity contribution in [3.05, 3.63) is 53.6 Å². The maximum Gasteiger partial charge on any atom is 0.118 e. The lowest BCUT2D eigenvalue weighted by molar-refractivity contribution is 0.414. The molecule has 0 aliphatic carbocycles. The molecule has 0 bridgehead atoms. The van der Waals surface area contributed by atoms with Gasteiger partial charge in [0.1, 0.15) is 5.75 Å². The van der Waals surface area contributed by atoms with Gasteiger partial charge in [-0.15, -0.1) is 0 Å². The molecule has 2 aromatic rings. The van der Waals surface area contributed by atoms with Crippen molar-refractivity contribution < 1.29 is 4.74 Å². The number of hydrogen-bond donors (Lipinski definition) is 0. The molecule has 0 radical (unpaired) electrons. The number of methoxy groups -OCH3 is 1. The number of hydrogen-bond acceptors (Lipinski definition) is 2. The summed E-state index contributed by atoms with van der Waals surface area (Å²) in [5.41, 5.74) is 2.61. The predicted molar refractivity (Wildman–Crippen MR) is 73.0 cm³/mol. The molecule has 88 valence electrons. The lowest BCUT2D eigenvalue weighted by Crippen LogP contribution is -1.83. The molecule has 2 heteroatoms. The first-order valence-electron chi connectivity index (χ1n) is 5.58. The summed E-state index contributed by atoms with van der Waals surface area (Å²) in [6, 6.07) is 14.7. The Hall–Kier alpha value is -1.41. The average molecular weight is 244 g/mol. The standard InChI is InChI=1S/C15H16OS/c1-11-4-5-12(2)15(10-11)17-14-8-6-13(16-3)7-9-14/h4-10H,1-3H3. The zero-order chi connectivity index (χ0) is 12.3. The van der Waals surface area contributed by atoms with Crippen molar-refractivity contribution in [1.82, 2.24) is 0 Å². The number of ether oxygens (including phenoxy) is 1. The molecule has 0 aliphatic heterocycles. The van der Waals surface area contributed by atoms with Gasteiger partial charge in [-0.1, -0.05) is 23.9 Å². The van der Waals surface area contributed by atoms with Crippen LogP contribution in [0.25, 0.3) is 0 Å².